The van der Waals surface area contributed by atoms with Gasteiger partial charge in [0, 0.05) is 22.9 Å². The summed E-state index contributed by atoms with van der Waals surface area (Å²) in [5, 5.41) is 6.05. The molecule has 1 aliphatic heterocycles. The zero-order valence-electron chi connectivity index (χ0n) is 14.6. The smallest absolute Gasteiger partial charge is 0.226 e. The number of thiazole rings is 1. The Morgan fingerprint density at radius 1 is 1.27 bits per heavy atom. The zero-order chi connectivity index (χ0) is 17.9. The lowest BCUT2D eigenvalue weighted by molar-refractivity contribution is -0.121. The van der Waals surface area contributed by atoms with Crippen molar-refractivity contribution in [1.82, 2.24) is 10.3 Å². The number of nitrogens with zero attached hydrogens (tertiary/aromatic N) is 1. The molecule has 1 aliphatic rings. The number of carbonyl (C=O) groups is 1. The third-order valence-electron chi connectivity index (χ3n) is 4.45. The standard InChI is InChI=1S/C21H20N2O2S/c1-14-5-4-6-15(11-14)21-22-16(13-26-21)12-20(24)23-18-9-10-25-19-8-3-2-7-17(18)19/h2-8,11,13,18H,9-10,12H2,1H3,(H,23,24). The predicted octanol–water partition coefficient (Wildman–Crippen LogP) is 4.30. The minimum Gasteiger partial charge on any atom is -0.493 e. The van der Waals surface area contributed by atoms with Crippen molar-refractivity contribution in [2.45, 2.75) is 25.8 Å². The molecule has 4 rings (SSSR count). The van der Waals surface area contributed by atoms with Crippen LogP contribution in [0.25, 0.3) is 10.6 Å². The van der Waals surface area contributed by atoms with Gasteiger partial charge in [-0.3, -0.25) is 4.79 Å². The molecule has 132 valence electrons. The Morgan fingerprint density at radius 2 is 2.15 bits per heavy atom. The number of benzene rings is 2. The molecular formula is C21H20N2O2S. The molecule has 0 radical (unpaired) electrons. The molecule has 1 atom stereocenters. The van der Waals surface area contributed by atoms with Crippen LogP contribution in [0.3, 0.4) is 0 Å². The van der Waals surface area contributed by atoms with E-state index in [9.17, 15) is 4.79 Å². The molecule has 1 N–H and O–H groups in total. The Bertz CT molecular complexity index is 935. The van der Waals surface area contributed by atoms with Gasteiger partial charge in [0.2, 0.25) is 5.91 Å². The van der Waals surface area contributed by atoms with Crippen molar-refractivity contribution in [3.05, 3.63) is 70.7 Å². The molecule has 1 aromatic heterocycles. The summed E-state index contributed by atoms with van der Waals surface area (Å²) in [5.41, 5.74) is 4.16. The Balaban J connectivity index is 1.43. The topological polar surface area (TPSA) is 51.2 Å². The molecule has 1 amide bonds. The summed E-state index contributed by atoms with van der Waals surface area (Å²) in [7, 11) is 0. The van der Waals surface area contributed by atoms with E-state index in [-0.39, 0.29) is 11.9 Å². The first kappa shape index (κ1) is 16.8. The number of hydrogen-bond acceptors (Lipinski definition) is 4. The Labute approximate surface area is 156 Å². The van der Waals surface area contributed by atoms with Gasteiger partial charge in [0.15, 0.2) is 0 Å². The highest BCUT2D eigenvalue weighted by Crippen LogP contribution is 2.31. The molecule has 0 bridgehead atoms. The maximum Gasteiger partial charge on any atom is 0.226 e. The second-order valence-electron chi connectivity index (χ2n) is 6.49. The van der Waals surface area contributed by atoms with Gasteiger partial charge in [0.25, 0.3) is 0 Å². The third-order valence-corrected chi connectivity index (χ3v) is 5.39. The van der Waals surface area contributed by atoms with E-state index in [2.05, 4.69) is 35.4 Å². The van der Waals surface area contributed by atoms with Crippen LogP contribution in [-0.4, -0.2) is 17.5 Å². The molecule has 0 saturated carbocycles. The number of amides is 1. The first-order chi connectivity index (χ1) is 12.7. The summed E-state index contributed by atoms with van der Waals surface area (Å²) in [6.45, 7) is 2.69. The summed E-state index contributed by atoms with van der Waals surface area (Å²) in [4.78, 5) is 17.1. The lowest BCUT2D eigenvalue weighted by atomic mass is 10.0. The van der Waals surface area contributed by atoms with Crippen molar-refractivity contribution in [2.24, 2.45) is 0 Å². The summed E-state index contributed by atoms with van der Waals surface area (Å²) >= 11 is 1.58. The van der Waals surface area contributed by atoms with Gasteiger partial charge in [-0.05, 0) is 19.1 Å². The number of rotatable bonds is 4. The van der Waals surface area contributed by atoms with E-state index in [1.165, 1.54) is 5.56 Å². The fraction of sp³-hybridized carbons (Fsp3) is 0.238. The number of aromatic nitrogens is 1. The molecule has 5 heteroatoms. The van der Waals surface area contributed by atoms with Gasteiger partial charge in [-0.15, -0.1) is 11.3 Å². The monoisotopic (exact) mass is 364 g/mol. The van der Waals surface area contributed by atoms with E-state index < -0.39 is 0 Å². The molecule has 26 heavy (non-hydrogen) atoms. The number of nitrogens with one attached hydrogen (secondary N) is 1. The van der Waals surface area contributed by atoms with E-state index in [1.54, 1.807) is 11.3 Å². The molecule has 0 fully saturated rings. The molecule has 1 unspecified atom stereocenters. The molecule has 2 heterocycles. The lowest BCUT2D eigenvalue weighted by Crippen LogP contribution is -2.33. The second-order valence-corrected chi connectivity index (χ2v) is 7.34. The number of carbonyl (C=O) groups excluding carboxylic acids is 1. The number of fused-ring (bicyclic) bond motifs is 1. The predicted molar refractivity (Wildman–Crippen MR) is 103 cm³/mol. The van der Waals surface area contributed by atoms with Crippen molar-refractivity contribution in [3.8, 4) is 16.3 Å². The van der Waals surface area contributed by atoms with Crippen LogP contribution in [0.1, 0.15) is 29.3 Å². The van der Waals surface area contributed by atoms with E-state index in [0.717, 1.165) is 34.0 Å². The Morgan fingerprint density at radius 3 is 3.04 bits per heavy atom. The van der Waals surface area contributed by atoms with Gasteiger partial charge in [0.1, 0.15) is 10.8 Å². The van der Waals surface area contributed by atoms with Crippen LogP contribution in [0.5, 0.6) is 5.75 Å². The van der Waals surface area contributed by atoms with E-state index in [1.807, 2.05) is 35.7 Å². The van der Waals surface area contributed by atoms with Crippen molar-refractivity contribution in [2.75, 3.05) is 6.61 Å². The minimum atomic E-state index is -0.00667. The molecule has 2 aromatic carbocycles. The number of aryl methyl sites for hydroxylation is 1. The molecule has 3 aromatic rings. The zero-order valence-corrected chi connectivity index (χ0v) is 15.4. The highest BCUT2D eigenvalue weighted by Gasteiger charge is 2.22. The molecule has 0 saturated heterocycles. The molecule has 4 nitrogen and oxygen atoms in total. The van der Waals surface area contributed by atoms with Crippen LogP contribution in [-0.2, 0) is 11.2 Å². The summed E-state index contributed by atoms with van der Waals surface area (Å²) in [6.07, 6.45) is 1.08. The van der Waals surface area contributed by atoms with Crippen LogP contribution >= 0.6 is 11.3 Å². The minimum absolute atomic E-state index is 0.00216. The quantitative estimate of drug-likeness (QED) is 0.751. The highest BCUT2D eigenvalue weighted by molar-refractivity contribution is 7.13. The Hall–Kier alpha value is -2.66. The number of para-hydroxylation sites is 1. The maximum atomic E-state index is 12.5. The average Bonchev–Trinajstić information content (AvgIpc) is 3.10. The molecule has 0 aliphatic carbocycles. The fourth-order valence-corrected chi connectivity index (χ4v) is 4.02. The van der Waals surface area contributed by atoms with Gasteiger partial charge in [-0.25, -0.2) is 4.98 Å². The lowest BCUT2D eigenvalue weighted by Gasteiger charge is -2.26. The first-order valence-electron chi connectivity index (χ1n) is 8.71. The molecular weight excluding hydrogens is 344 g/mol. The summed E-state index contributed by atoms with van der Waals surface area (Å²) < 4.78 is 5.65. The number of ether oxygens (including phenoxy) is 1. The van der Waals surface area contributed by atoms with Crippen LogP contribution in [0.4, 0.5) is 0 Å². The van der Waals surface area contributed by atoms with Crippen LogP contribution in [0.2, 0.25) is 0 Å². The van der Waals surface area contributed by atoms with Crippen LogP contribution < -0.4 is 10.1 Å². The van der Waals surface area contributed by atoms with Crippen molar-refractivity contribution in [3.63, 3.8) is 0 Å². The van der Waals surface area contributed by atoms with Gasteiger partial charge >= 0.3 is 0 Å². The van der Waals surface area contributed by atoms with Gasteiger partial charge in [0.05, 0.1) is 24.8 Å². The maximum absolute atomic E-state index is 12.5. The SMILES string of the molecule is Cc1cccc(-c2nc(CC(=O)NC3CCOc4ccccc43)cs2)c1. The van der Waals surface area contributed by atoms with Crippen LogP contribution in [0, 0.1) is 6.92 Å². The first-order valence-corrected chi connectivity index (χ1v) is 9.59. The second kappa shape index (κ2) is 7.30. The average molecular weight is 364 g/mol. The summed E-state index contributed by atoms with van der Waals surface area (Å²) in [5.74, 6) is 0.854. The van der Waals surface area contributed by atoms with Gasteiger partial charge in [-0.1, -0.05) is 42.0 Å². The van der Waals surface area contributed by atoms with Gasteiger partial charge in [-0.2, -0.15) is 0 Å². The van der Waals surface area contributed by atoms with Crippen molar-refractivity contribution < 1.29 is 9.53 Å². The van der Waals surface area contributed by atoms with Crippen molar-refractivity contribution >= 4 is 17.2 Å². The van der Waals surface area contributed by atoms with Gasteiger partial charge < -0.3 is 10.1 Å². The van der Waals surface area contributed by atoms with Crippen molar-refractivity contribution in [1.29, 1.82) is 0 Å². The van der Waals surface area contributed by atoms with E-state index in [4.69, 9.17) is 4.74 Å². The largest absolute Gasteiger partial charge is 0.493 e. The van der Waals surface area contributed by atoms with E-state index in [0.29, 0.717) is 13.0 Å². The number of hydrogen-bond donors (Lipinski definition) is 1. The van der Waals surface area contributed by atoms with E-state index >= 15 is 0 Å². The fourth-order valence-electron chi connectivity index (χ4n) is 3.20. The molecule has 0 spiro atoms. The Kier molecular flexibility index (Phi) is 4.71. The normalized spacial score (nSPS) is 15.8. The third kappa shape index (κ3) is 3.63. The van der Waals surface area contributed by atoms with Crippen LogP contribution in [0.15, 0.2) is 53.9 Å². The highest BCUT2D eigenvalue weighted by atomic mass is 32.1. The summed E-state index contributed by atoms with van der Waals surface area (Å²) in [6, 6.07) is 16.1.